The van der Waals surface area contributed by atoms with Crippen molar-refractivity contribution in [2.75, 3.05) is 5.32 Å². The molecule has 0 saturated heterocycles. The summed E-state index contributed by atoms with van der Waals surface area (Å²) in [6.45, 7) is 3.83. The summed E-state index contributed by atoms with van der Waals surface area (Å²) in [5.74, 6) is 0.408. The largest absolute Gasteiger partial charge is 0.324 e. The van der Waals surface area contributed by atoms with E-state index in [1.165, 1.54) is 4.57 Å². The average Bonchev–Trinajstić information content (AvgIpc) is 3.00. The summed E-state index contributed by atoms with van der Waals surface area (Å²) in [7, 11) is 0. The van der Waals surface area contributed by atoms with Crippen LogP contribution in [0.5, 0.6) is 0 Å². The number of aryl methyl sites for hydroxylation is 3. The topological polar surface area (TPSA) is 64.0 Å². The predicted octanol–water partition coefficient (Wildman–Crippen LogP) is 2.24. The van der Waals surface area contributed by atoms with E-state index in [1.54, 1.807) is 6.92 Å². The fourth-order valence-corrected chi connectivity index (χ4v) is 3.12. The molecular formula is C18H21N3O2. The second-order valence-corrected chi connectivity index (χ2v) is 5.89. The molecule has 1 amide bonds. The molecule has 0 aliphatic heterocycles. The van der Waals surface area contributed by atoms with Crippen LogP contribution in [-0.4, -0.2) is 15.5 Å². The van der Waals surface area contributed by atoms with Crippen LogP contribution in [0.2, 0.25) is 0 Å². The number of aromatic nitrogens is 2. The standard InChI is InChI=1S/C18H21N3O2/c1-3-13-7-4-5-9-15(13)20-17(22)11-21-12(2)19-16-10-6-8-14(16)18(21)23/h4-5,7,9H,3,6,8,10-11H2,1-2H3,(H,20,22). The van der Waals surface area contributed by atoms with Gasteiger partial charge < -0.3 is 5.32 Å². The molecule has 1 N–H and O–H groups in total. The Bertz CT molecular complexity index is 808. The highest BCUT2D eigenvalue weighted by Gasteiger charge is 2.20. The Balaban J connectivity index is 1.83. The van der Waals surface area contributed by atoms with Crippen LogP contribution < -0.4 is 10.9 Å². The van der Waals surface area contributed by atoms with Crippen molar-refractivity contribution < 1.29 is 4.79 Å². The van der Waals surface area contributed by atoms with Crippen molar-refractivity contribution in [3.05, 3.63) is 57.3 Å². The lowest BCUT2D eigenvalue weighted by molar-refractivity contribution is -0.116. The number of hydrogen-bond donors (Lipinski definition) is 1. The molecule has 23 heavy (non-hydrogen) atoms. The van der Waals surface area contributed by atoms with E-state index in [2.05, 4.69) is 10.3 Å². The number of hydrogen-bond acceptors (Lipinski definition) is 3. The summed E-state index contributed by atoms with van der Waals surface area (Å²) in [5, 5.41) is 2.91. The minimum absolute atomic E-state index is 0.00297. The number of amides is 1. The summed E-state index contributed by atoms with van der Waals surface area (Å²) >= 11 is 0. The third-order valence-corrected chi connectivity index (χ3v) is 4.35. The number of nitrogens with one attached hydrogen (secondary N) is 1. The van der Waals surface area contributed by atoms with E-state index in [1.807, 2.05) is 31.2 Å². The molecule has 1 heterocycles. The number of carbonyl (C=O) groups excluding carboxylic acids is 1. The zero-order valence-electron chi connectivity index (χ0n) is 13.6. The van der Waals surface area contributed by atoms with Crippen LogP contribution in [0.25, 0.3) is 0 Å². The van der Waals surface area contributed by atoms with E-state index in [0.717, 1.165) is 48.2 Å². The number of nitrogens with zero attached hydrogens (tertiary/aromatic N) is 2. The lowest BCUT2D eigenvalue weighted by atomic mass is 10.1. The van der Waals surface area contributed by atoms with Crippen molar-refractivity contribution in [3.8, 4) is 0 Å². The fraction of sp³-hybridized carbons (Fsp3) is 0.389. The Hall–Kier alpha value is -2.43. The van der Waals surface area contributed by atoms with Crippen LogP contribution in [0, 0.1) is 6.92 Å². The molecule has 0 unspecified atom stereocenters. The number of fused-ring (bicyclic) bond motifs is 1. The molecule has 5 nitrogen and oxygen atoms in total. The predicted molar refractivity (Wildman–Crippen MR) is 89.7 cm³/mol. The maximum absolute atomic E-state index is 12.5. The summed E-state index contributed by atoms with van der Waals surface area (Å²) in [5.41, 5.74) is 3.50. The molecule has 1 aromatic carbocycles. The van der Waals surface area contributed by atoms with Crippen LogP contribution in [-0.2, 0) is 30.6 Å². The minimum atomic E-state index is -0.198. The molecule has 0 fully saturated rings. The van der Waals surface area contributed by atoms with E-state index in [4.69, 9.17) is 0 Å². The first kappa shape index (κ1) is 15.5. The van der Waals surface area contributed by atoms with Gasteiger partial charge in [0.2, 0.25) is 5.91 Å². The quantitative estimate of drug-likeness (QED) is 0.942. The minimum Gasteiger partial charge on any atom is -0.324 e. The van der Waals surface area contributed by atoms with E-state index < -0.39 is 0 Å². The van der Waals surface area contributed by atoms with Gasteiger partial charge in [-0.3, -0.25) is 14.2 Å². The van der Waals surface area contributed by atoms with E-state index >= 15 is 0 Å². The van der Waals surface area contributed by atoms with Gasteiger partial charge in [-0.1, -0.05) is 25.1 Å². The molecule has 0 saturated carbocycles. The Morgan fingerprint density at radius 3 is 2.87 bits per heavy atom. The number of carbonyl (C=O) groups is 1. The Morgan fingerprint density at radius 2 is 2.09 bits per heavy atom. The molecule has 0 bridgehead atoms. The van der Waals surface area contributed by atoms with Crippen LogP contribution >= 0.6 is 0 Å². The second kappa shape index (κ2) is 6.36. The van der Waals surface area contributed by atoms with Gasteiger partial charge in [0.05, 0.1) is 5.69 Å². The molecule has 3 rings (SSSR count). The van der Waals surface area contributed by atoms with Crippen LogP contribution in [0.4, 0.5) is 5.69 Å². The van der Waals surface area contributed by atoms with Gasteiger partial charge >= 0.3 is 0 Å². The molecule has 120 valence electrons. The Kier molecular flexibility index (Phi) is 4.28. The van der Waals surface area contributed by atoms with Gasteiger partial charge in [-0.2, -0.15) is 0 Å². The lowest BCUT2D eigenvalue weighted by Crippen LogP contribution is -2.32. The summed E-state index contributed by atoms with van der Waals surface area (Å²) in [6.07, 6.45) is 3.44. The fourth-order valence-electron chi connectivity index (χ4n) is 3.12. The number of benzene rings is 1. The monoisotopic (exact) mass is 311 g/mol. The van der Waals surface area contributed by atoms with Crippen molar-refractivity contribution in [1.82, 2.24) is 9.55 Å². The molecule has 0 radical (unpaired) electrons. The van der Waals surface area contributed by atoms with Gasteiger partial charge in [0.1, 0.15) is 12.4 Å². The lowest BCUT2D eigenvalue weighted by Gasteiger charge is -2.13. The number of para-hydroxylation sites is 1. The van der Waals surface area contributed by atoms with Gasteiger partial charge in [0.15, 0.2) is 0 Å². The third-order valence-electron chi connectivity index (χ3n) is 4.35. The van der Waals surface area contributed by atoms with Gasteiger partial charge in [0.25, 0.3) is 5.56 Å². The smallest absolute Gasteiger partial charge is 0.257 e. The normalized spacial score (nSPS) is 13.0. The molecule has 1 aliphatic rings. The zero-order valence-corrected chi connectivity index (χ0v) is 13.6. The molecule has 2 aromatic rings. The molecule has 0 atom stereocenters. The zero-order chi connectivity index (χ0) is 16.4. The van der Waals surface area contributed by atoms with E-state index in [-0.39, 0.29) is 18.0 Å². The van der Waals surface area contributed by atoms with Crippen molar-refractivity contribution in [1.29, 1.82) is 0 Å². The summed E-state index contributed by atoms with van der Waals surface area (Å²) in [6, 6.07) is 7.72. The molecule has 1 aliphatic carbocycles. The summed E-state index contributed by atoms with van der Waals surface area (Å²) in [4.78, 5) is 29.4. The van der Waals surface area contributed by atoms with Crippen LogP contribution in [0.15, 0.2) is 29.1 Å². The van der Waals surface area contributed by atoms with Crippen molar-refractivity contribution in [2.24, 2.45) is 0 Å². The van der Waals surface area contributed by atoms with Crippen LogP contribution in [0.3, 0.4) is 0 Å². The SMILES string of the molecule is CCc1ccccc1NC(=O)Cn1c(C)nc2c(c1=O)CCC2. The Morgan fingerprint density at radius 1 is 1.30 bits per heavy atom. The van der Waals surface area contributed by atoms with E-state index in [0.29, 0.717) is 5.82 Å². The van der Waals surface area contributed by atoms with Crippen molar-refractivity contribution in [2.45, 2.75) is 46.1 Å². The summed E-state index contributed by atoms with van der Waals surface area (Å²) < 4.78 is 1.48. The molecule has 5 heteroatoms. The highest BCUT2D eigenvalue weighted by Crippen LogP contribution is 2.17. The second-order valence-electron chi connectivity index (χ2n) is 5.89. The third kappa shape index (κ3) is 3.04. The first-order chi connectivity index (χ1) is 11.1. The van der Waals surface area contributed by atoms with Crippen LogP contribution in [0.1, 0.15) is 36.0 Å². The first-order valence-electron chi connectivity index (χ1n) is 8.07. The van der Waals surface area contributed by atoms with Gasteiger partial charge in [0, 0.05) is 11.3 Å². The van der Waals surface area contributed by atoms with Crippen molar-refractivity contribution in [3.63, 3.8) is 0 Å². The number of anilines is 1. The maximum atomic E-state index is 12.5. The molecule has 1 aromatic heterocycles. The highest BCUT2D eigenvalue weighted by atomic mass is 16.2. The van der Waals surface area contributed by atoms with Gasteiger partial charge in [-0.05, 0) is 44.2 Å². The molecule has 0 spiro atoms. The van der Waals surface area contributed by atoms with E-state index in [9.17, 15) is 9.59 Å². The van der Waals surface area contributed by atoms with Crippen molar-refractivity contribution >= 4 is 11.6 Å². The maximum Gasteiger partial charge on any atom is 0.257 e. The first-order valence-corrected chi connectivity index (χ1v) is 8.07. The number of rotatable bonds is 4. The average molecular weight is 311 g/mol. The highest BCUT2D eigenvalue weighted by molar-refractivity contribution is 5.91. The Labute approximate surface area is 135 Å². The van der Waals surface area contributed by atoms with Gasteiger partial charge in [-0.15, -0.1) is 0 Å². The van der Waals surface area contributed by atoms with Gasteiger partial charge in [-0.25, -0.2) is 4.98 Å². The molecular weight excluding hydrogens is 290 g/mol.